The molecule has 0 aromatic carbocycles. The number of nitrogens with zero attached hydrogens (tertiary/aromatic N) is 3. The SMILES string of the molecule is CCCCc1noc([C@H](N)Cc2cnc[nH]2)n1. The molecule has 6 heteroatoms. The fourth-order valence-electron chi connectivity index (χ4n) is 1.58. The van der Waals surface area contributed by atoms with Crippen molar-refractivity contribution in [3.8, 4) is 0 Å². The van der Waals surface area contributed by atoms with Crippen LogP contribution in [0.2, 0.25) is 0 Å². The smallest absolute Gasteiger partial charge is 0.243 e. The summed E-state index contributed by atoms with van der Waals surface area (Å²) in [7, 11) is 0. The monoisotopic (exact) mass is 235 g/mol. The first-order valence-corrected chi connectivity index (χ1v) is 5.85. The van der Waals surface area contributed by atoms with Crippen molar-refractivity contribution in [2.24, 2.45) is 5.73 Å². The maximum Gasteiger partial charge on any atom is 0.243 e. The summed E-state index contributed by atoms with van der Waals surface area (Å²) >= 11 is 0. The highest BCUT2D eigenvalue weighted by molar-refractivity contribution is 5.02. The summed E-state index contributed by atoms with van der Waals surface area (Å²) in [5, 5.41) is 3.91. The molecule has 0 saturated carbocycles. The first-order valence-electron chi connectivity index (χ1n) is 5.85. The molecule has 2 rings (SSSR count). The Morgan fingerprint density at radius 3 is 3.12 bits per heavy atom. The Hall–Kier alpha value is -1.69. The van der Waals surface area contributed by atoms with E-state index in [2.05, 4.69) is 27.0 Å². The van der Waals surface area contributed by atoms with Gasteiger partial charge in [-0.2, -0.15) is 4.98 Å². The van der Waals surface area contributed by atoms with Crippen molar-refractivity contribution in [3.05, 3.63) is 29.9 Å². The van der Waals surface area contributed by atoms with Crippen molar-refractivity contribution < 1.29 is 4.52 Å². The molecule has 92 valence electrons. The van der Waals surface area contributed by atoms with Gasteiger partial charge in [0.1, 0.15) is 0 Å². The molecule has 1 atom stereocenters. The molecule has 0 radical (unpaired) electrons. The predicted octanol–water partition coefficient (Wildman–Crippen LogP) is 1.38. The van der Waals surface area contributed by atoms with Gasteiger partial charge in [0.2, 0.25) is 5.89 Å². The Morgan fingerprint density at radius 1 is 1.53 bits per heavy atom. The fraction of sp³-hybridized carbons (Fsp3) is 0.545. The van der Waals surface area contributed by atoms with E-state index < -0.39 is 0 Å². The van der Waals surface area contributed by atoms with Crippen molar-refractivity contribution in [3.63, 3.8) is 0 Å². The molecule has 0 unspecified atom stereocenters. The Balaban J connectivity index is 1.94. The van der Waals surface area contributed by atoms with Gasteiger partial charge in [0, 0.05) is 24.7 Å². The average Bonchev–Trinajstić information content (AvgIpc) is 2.96. The molecule has 2 heterocycles. The van der Waals surface area contributed by atoms with Gasteiger partial charge in [0.15, 0.2) is 5.82 Å². The van der Waals surface area contributed by atoms with Crippen molar-refractivity contribution in [1.82, 2.24) is 20.1 Å². The van der Waals surface area contributed by atoms with Crippen molar-refractivity contribution in [2.75, 3.05) is 0 Å². The summed E-state index contributed by atoms with van der Waals surface area (Å²) in [5.74, 6) is 1.23. The molecule has 6 nitrogen and oxygen atoms in total. The zero-order valence-electron chi connectivity index (χ0n) is 9.89. The molecule has 0 saturated heterocycles. The minimum absolute atomic E-state index is 0.279. The molecule has 3 N–H and O–H groups in total. The van der Waals surface area contributed by atoms with Crippen molar-refractivity contribution >= 4 is 0 Å². The van der Waals surface area contributed by atoms with Crippen LogP contribution >= 0.6 is 0 Å². The highest BCUT2D eigenvalue weighted by atomic mass is 16.5. The van der Waals surface area contributed by atoms with Crippen LogP contribution in [0.25, 0.3) is 0 Å². The quantitative estimate of drug-likeness (QED) is 0.788. The van der Waals surface area contributed by atoms with Crippen LogP contribution in [-0.2, 0) is 12.8 Å². The number of aromatic nitrogens is 4. The number of H-pyrrole nitrogens is 1. The zero-order valence-corrected chi connectivity index (χ0v) is 9.89. The fourth-order valence-corrected chi connectivity index (χ4v) is 1.58. The van der Waals surface area contributed by atoms with E-state index in [1.54, 1.807) is 12.5 Å². The van der Waals surface area contributed by atoms with Crippen LogP contribution < -0.4 is 5.73 Å². The van der Waals surface area contributed by atoms with Crippen LogP contribution in [0.5, 0.6) is 0 Å². The van der Waals surface area contributed by atoms with Gasteiger partial charge >= 0.3 is 0 Å². The second kappa shape index (κ2) is 5.58. The molecule has 2 aromatic heterocycles. The van der Waals surface area contributed by atoms with Gasteiger partial charge in [0.25, 0.3) is 0 Å². The summed E-state index contributed by atoms with van der Waals surface area (Å²) in [6.45, 7) is 2.13. The Morgan fingerprint density at radius 2 is 2.41 bits per heavy atom. The van der Waals surface area contributed by atoms with E-state index in [4.69, 9.17) is 10.3 Å². The maximum atomic E-state index is 5.98. The number of aromatic amines is 1. The van der Waals surface area contributed by atoms with E-state index in [9.17, 15) is 0 Å². The standard InChI is InChI=1S/C11H17N5O/c1-2-3-4-10-15-11(17-16-10)9(12)5-8-6-13-7-14-8/h6-7,9H,2-5,12H2,1H3,(H,13,14)/t9-/m1/s1. The lowest BCUT2D eigenvalue weighted by Crippen LogP contribution is -2.14. The molecule has 0 amide bonds. The third-order valence-corrected chi connectivity index (χ3v) is 2.55. The lowest BCUT2D eigenvalue weighted by Gasteiger charge is -2.03. The molecule has 17 heavy (non-hydrogen) atoms. The predicted molar refractivity (Wildman–Crippen MR) is 62.1 cm³/mol. The van der Waals surface area contributed by atoms with Gasteiger partial charge in [-0.1, -0.05) is 18.5 Å². The molecule has 2 aromatic rings. The number of nitrogens with two attached hydrogens (primary N) is 1. The molecule has 0 aliphatic rings. The maximum absolute atomic E-state index is 5.98. The normalized spacial score (nSPS) is 12.8. The third kappa shape index (κ3) is 3.13. The molecular formula is C11H17N5O. The second-order valence-corrected chi connectivity index (χ2v) is 4.04. The molecular weight excluding hydrogens is 218 g/mol. The Bertz CT molecular complexity index is 436. The van der Waals surface area contributed by atoms with Gasteiger partial charge in [-0.05, 0) is 6.42 Å². The van der Waals surface area contributed by atoms with E-state index in [0.29, 0.717) is 12.3 Å². The number of nitrogens with one attached hydrogen (secondary N) is 1. The van der Waals surface area contributed by atoms with E-state index in [1.807, 2.05) is 0 Å². The van der Waals surface area contributed by atoms with Gasteiger partial charge in [-0.25, -0.2) is 4.98 Å². The minimum atomic E-state index is -0.279. The van der Waals surface area contributed by atoms with E-state index in [1.165, 1.54) is 0 Å². The summed E-state index contributed by atoms with van der Waals surface area (Å²) in [5.41, 5.74) is 6.95. The van der Waals surface area contributed by atoms with Crippen molar-refractivity contribution in [2.45, 2.75) is 38.6 Å². The van der Waals surface area contributed by atoms with Crippen molar-refractivity contribution in [1.29, 1.82) is 0 Å². The lowest BCUT2D eigenvalue weighted by molar-refractivity contribution is 0.349. The summed E-state index contributed by atoms with van der Waals surface area (Å²) < 4.78 is 5.15. The van der Waals surface area contributed by atoms with Crippen LogP contribution in [0.1, 0.15) is 43.2 Å². The highest BCUT2D eigenvalue weighted by Crippen LogP contribution is 2.13. The zero-order chi connectivity index (χ0) is 12.1. The number of unbranched alkanes of at least 4 members (excludes halogenated alkanes) is 1. The van der Waals surface area contributed by atoms with Crippen LogP contribution in [0.15, 0.2) is 17.0 Å². The van der Waals surface area contributed by atoms with E-state index in [0.717, 1.165) is 30.8 Å². The second-order valence-electron chi connectivity index (χ2n) is 4.04. The Kier molecular flexibility index (Phi) is 3.87. The van der Waals surface area contributed by atoms with Gasteiger partial charge in [-0.3, -0.25) is 0 Å². The first-order chi connectivity index (χ1) is 8.29. The molecule has 0 aliphatic carbocycles. The molecule has 0 spiro atoms. The first kappa shape index (κ1) is 11.8. The summed E-state index contributed by atoms with van der Waals surface area (Å²) in [6.07, 6.45) is 7.02. The molecule has 0 aliphatic heterocycles. The van der Waals surface area contributed by atoms with Gasteiger partial charge in [-0.15, -0.1) is 0 Å². The number of imidazole rings is 1. The number of aryl methyl sites for hydroxylation is 1. The Labute approximate surface area is 99.6 Å². The van der Waals surface area contributed by atoms with Crippen LogP contribution in [0.3, 0.4) is 0 Å². The summed E-state index contributed by atoms with van der Waals surface area (Å²) in [4.78, 5) is 11.2. The van der Waals surface area contributed by atoms with Crippen LogP contribution in [-0.4, -0.2) is 20.1 Å². The number of hydrogen-bond donors (Lipinski definition) is 2. The van der Waals surface area contributed by atoms with Crippen LogP contribution in [0, 0.1) is 0 Å². The van der Waals surface area contributed by atoms with Gasteiger partial charge in [0.05, 0.1) is 12.4 Å². The third-order valence-electron chi connectivity index (χ3n) is 2.55. The summed E-state index contributed by atoms with van der Waals surface area (Å²) in [6, 6.07) is -0.279. The lowest BCUT2D eigenvalue weighted by atomic mass is 10.2. The van der Waals surface area contributed by atoms with E-state index in [-0.39, 0.29) is 6.04 Å². The largest absolute Gasteiger partial charge is 0.348 e. The topological polar surface area (TPSA) is 93.6 Å². The van der Waals surface area contributed by atoms with E-state index >= 15 is 0 Å². The van der Waals surface area contributed by atoms with Gasteiger partial charge < -0.3 is 15.2 Å². The molecule has 0 fully saturated rings. The highest BCUT2D eigenvalue weighted by Gasteiger charge is 2.15. The van der Waals surface area contributed by atoms with Crippen LogP contribution in [0.4, 0.5) is 0 Å². The number of rotatable bonds is 6. The average molecular weight is 235 g/mol. The number of hydrogen-bond acceptors (Lipinski definition) is 5. The minimum Gasteiger partial charge on any atom is -0.348 e. The molecule has 0 bridgehead atoms.